The smallest absolute Gasteiger partial charge is 0.266 e. The third-order valence-corrected chi connectivity index (χ3v) is 6.23. The van der Waals surface area contributed by atoms with Gasteiger partial charge in [0.15, 0.2) is 11.5 Å². The van der Waals surface area contributed by atoms with Crippen molar-refractivity contribution in [1.82, 2.24) is 0 Å². The molecule has 0 atom stereocenters. The number of carbonyl (C=O) groups excluding carboxylic acids is 1. The highest BCUT2D eigenvalue weighted by Gasteiger charge is 2.14. The molecule has 0 heterocycles. The van der Waals surface area contributed by atoms with Crippen LogP contribution in [-0.2, 0) is 18.0 Å². The molecule has 0 aliphatic rings. The fraction of sp³-hybridized carbons (Fsp3) is 0.0968. The van der Waals surface area contributed by atoms with Crippen LogP contribution in [0, 0.1) is 11.3 Å². The van der Waals surface area contributed by atoms with Gasteiger partial charge in [0.2, 0.25) is 0 Å². The highest BCUT2D eigenvalue weighted by atomic mass is 79.9. The van der Waals surface area contributed by atoms with Gasteiger partial charge in [-0.15, -0.1) is 0 Å². The average Bonchev–Trinajstić information content (AvgIpc) is 2.96. The molecule has 0 aromatic heterocycles. The monoisotopic (exact) mass is 568 g/mol. The Balaban J connectivity index is 1.42. The number of ether oxygens (including phenoxy) is 3. The lowest BCUT2D eigenvalue weighted by Gasteiger charge is -2.13. The molecular formula is C31H25BrN2O4. The molecule has 4 aromatic carbocycles. The van der Waals surface area contributed by atoms with Crippen LogP contribution < -0.4 is 19.5 Å². The molecule has 0 unspecified atom stereocenters. The Bertz CT molecular complexity index is 1450. The standard InChI is InChI=1S/C31H25BrN2O4/c1-36-29-17-24(28(32)18-30(29)38-21-23-10-6-3-7-11-23)16-25(19-33)31(35)34-26-12-14-27(15-13-26)37-20-22-8-4-2-5-9-22/h2-18H,20-21H2,1H3,(H,34,35)/b25-16+. The lowest BCUT2D eigenvalue weighted by atomic mass is 10.1. The van der Waals surface area contributed by atoms with Crippen LogP contribution in [0.4, 0.5) is 5.69 Å². The summed E-state index contributed by atoms with van der Waals surface area (Å²) in [4.78, 5) is 12.8. The predicted molar refractivity (Wildman–Crippen MR) is 151 cm³/mol. The number of rotatable bonds is 10. The van der Waals surface area contributed by atoms with Crippen molar-refractivity contribution in [3.05, 3.63) is 124 Å². The number of nitrogens with one attached hydrogen (secondary N) is 1. The maximum absolute atomic E-state index is 12.8. The minimum absolute atomic E-state index is 0.0601. The molecule has 6 nitrogen and oxygen atoms in total. The summed E-state index contributed by atoms with van der Waals surface area (Å²) in [5.74, 6) is 1.17. The first-order chi connectivity index (χ1) is 18.6. The van der Waals surface area contributed by atoms with Crippen LogP contribution in [0.25, 0.3) is 6.08 Å². The fourth-order valence-corrected chi connectivity index (χ4v) is 3.98. The number of hydrogen-bond acceptors (Lipinski definition) is 5. The fourth-order valence-electron chi connectivity index (χ4n) is 3.55. The summed E-state index contributed by atoms with van der Waals surface area (Å²) in [6, 6.07) is 32.1. The highest BCUT2D eigenvalue weighted by molar-refractivity contribution is 9.10. The van der Waals surface area contributed by atoms with Crippen LogP contribution >= 0.6 is 15.9 Å². The Kier molecular flexibility index (Phi) is 9.17. The van der Waals surface area contributed by atoms with Crippen molar-refractivity contribution in [1.29, 1.82) is 5.26 Å². The molecular weight excluding hydrogens is 544 g/mol. The van der Waals surface area contributed by atoms with Gasteiger partial charge in [0, 0.05) is 10.2 Å². The number of carbonyl (C=O) groups is 1. The summed E-state index contributed by atoms with van der Waals surface area (Å²) in [6.07, 6.45) is 1.50. The van der Waals surface area contributed by atoms with E-state index in [9.17, 15) is 10.1 Å². The largest absolute Gasteiger partial charge is 0.493 e. The molecule has 0 radical (unpaired) electrons. The van der Waals surface area contributed by atoms with Gasteiger partial charge in [-0.3, -0.25) is 4.79 Å². The molecule has 0 spiro atoms. The molecule has 1 N–H and O–H groups in total. The van der Waals surface area contributed by atoms with Crippen LogP contribution in [0.3, 0.4) is 0 Å². The average molecular weight is 569 g/mol. The third-order valence-electron chi connectivity index (χ3n) is 5.55. The lowest BCUT2D eigenvalue weighted by molar-refractivity contribution is -0.112. The number of benzene rings is 4. The first-order valence-corrected chi connectivity index (χ1v) is 12.6. The third kappa shape index (κ3) is 7.25. The van der Waals surface area contributed by atoms with Crippen molar-refractivity contribution in [3.8, 4) is 23.3 Å². The van der Waals surface area contributed by atoms with Crippen LogP contribution in [0.15, 0.2) is 107 Å². The molecule has 4 aromatic rings. The molecule has 0 saturated heterocycles. The number of anilines is 1. The quantitative estimate of drug-likeness (QED) is 0.162. The maximum atomic E-state index is 12.8. The van der Waals surface area contributed by atoms with Gasteiger partial charge in [0.1, 0.15) is 30.6 Å². The number of halogens is 1. The second-order valence-corrected chi connectivity index (χ2v) is 9.08. The van der Waals surface area contributed by atoms with E-state index in [0.29, 0.717) is 46.2 Å². The van der Waals surface area contributed by atoms with Crippen LogP contribution in [0.1, 0.15) is 16.7 Å². The van der Waals surface area contributed by atoms with Gasteiger partial charge < -0.3 is 19.5 Å². The molecule has 0 saturated carbocycles. The Morgan fingerprint density at radius 1 is 0.868 bits per heavy atom. The van der Waals surface area contributed by atoms with E-state index in [1.165, 1.54) is 13.2 Å². The normalized spacial score (nSPS) is 10.8. The zero-order valence-electron chi connectivity index (χ0n) is 20.7. The second-order valence-electron chi connectivity index (χ2n) is 8.22. The number of methoxy groups -OCH3 is 1. The van der Waals surface area contributed by atoms with Gasteiger partial charge in [0.25, 0.3) is 5.91 Å². The van der Waals surface area contributed by atoms with Crippen molar-refractivity contribution in [2.24, 2.45) is 0 Å². The van der Waals surface area contributed by atoms with Crippen LogP contribution in [0.5, 0.6) is 17.2 Å². The second kappa shape index (κ2) is 13.1. The van der Waals surface area contributed by atoms with Gasteiger partial charge in [-0.1, -0.05) is 76.6 Å². The van der Waals surface area contributed by atoms with E-state index in [4.69, 9.17) is 14.2 Å². The summed E-state index contributed by atoms with van der Waals surface area (Å²) < 4.78 is 17.9. The maximum Gasteiger partial charge on any atom is 0.266 e. The number of nitriles is 1. The first-order valence-electron chi connectivity index (χ1n) is 11.8. The topological polar surface area (TPSA) is 80.6 Å². The molecule has 0 bridgehead atoms. The Hall–Kier alpha value is -4.54. The van der Waals surface area contributed by atoms with E-state index in [0.717, 1.165) is 11.1 Å². The number of nitrogens with zero attached hydrogens (tertiary/aromatic N) is 1. The molecule has 4 rings (SSSR count). The van der Waals surface area contributed by atoms with E-state index in [2.05, 4.69) is 21.2 Å². The van der Waals surface area contributed by atoms with E-state index in [1.807, 2.05) is 66.7 Å². The van der Waals surface area contributed by atoms with Crippen molar-refractivity contribution in [2.45, 2.75) is 13.2 Å². The van der Waals surface area contributed by atoms with E-state index in [-0.39, 0.29) is 5.57 Å². The summed E-state index contributed by atoms with van der Waals surface area (Å²) in [7, 11) is 1.54. The van der Waals surface area contributed by atoms with E-state index < -0.39 is 5.91 Å². The van der Waals surface area contributed by atoms with Crippen LogP contribution in [0.2, 0.25) is 0 Å². The van der Waals surface area contributed by atoms with Crippen molar-refractivity contribution >= 4 is 33.6 Å². The highest BCUT2D eigenvalue weighted by Crippen LogP contribution is 2.35. The zero-order chi connectivity index (χ0) is 26.7. The van der Waals surface area contributed by atoms with E-state index >= 15 is 0 Å². The Morgan fingerprint density at radius 2 is 1.47 bits per heavy atom. The Labute approximate surface area is 230 Å². The molecule has 7 heteroatoms. The summed E-state index contributed by atoms with van der Waals surface area (Å²) in [5, 5.41) is 12.4. The van der Waals surface area contributed by atoms with Gasteiger partial charge in [-0.25, -0.2) is 0 Å². The molecule has 0 fully saturated rings. The van der Waals surface area contributed by atoms with Crippen LogP contribution in [-0.4, -0.2) is 13.0 Å². The van der Waals surface area contributed by atoms with Gasteiger partial charge in [-0.05, 0) is 59.2 Å². The van der Waals surface area contributed by atoms with Gasteiger partial charge >= 0.3 is 0 Å². The molecule has 0 aliphatic heterocycles. The number of hydrogen-bond donors (Lipinski definition) is 1. The molecule has 190 valence electrons. The minimum Gasteiger partial charge on any atom is -0.493 e. The minimum atomic E-state index is -0.527. The van der Waals surface area contributed by atoms with Gasteiger partial charge in [-0.2, -0.15) is 5.26 Å². The number of amides is 1. The van der Waals surface area contributed by atoms with E-state index in [1.54, 1.807) is 36.4 Å². The summed E-state index contributed by atoms with van der Waals surface area (Å²) >= 11 is 3.51. The van der Waals surface area contributed by atoms with Crippen molar-refractivity contribution in [2.75, 3.05) is 12.4 Å². The SMILES string of the molecule is COc1cc(/C=C(\C#N)C(=O)Nc2ccc(OCc3ccccc3)cc2)c(Br)cc1OCc1ccccc1. The van der Waals surface area contributed by atoms with Crippen molar-refractivity contribution in [3.63, 3.8) is 0 Å². The van der Waals surface area contributed by atoms with Crippen molar-refractivity contribution < 1.29 is 19.0 Å². The summed E-state index contributed by atoms with van der Waals surface area (Å²) in [6.45, 7) is 0.822. The summed E-state index contributed by atoms with van der Waals surface area (Å²) in [5.41, 5.74) is 3.17. The first kappa shape index (κ1) is 26.5. The molecule has 38 heavy (non-hydrogen) atoms. The molecule has 0 aliphatic carbocycles. The lowest BCUT2D eigenvalue weighted by Crippen LogP contribution is -2.13. The predicted octanol–water partition coefficient (Wildman–Crippen LogP) is 7.16. The Morgan fingerprint density at radius 3 is 2.05 bits per heavy atom. The van der Waals surface area contributed by atoms with Gasteiger partial charge in [0.05, 0.1) is 7.11 Å². The zero-order valence-corrected chi connectivity index (χ0v) is 22.3. The molecule has 1 amide bonds.